The van der Waals surface area contributed by atoms with E-state index in [2.05, 4.69) is 0 Å². The Hall–Kier alpha value is -4.25. The van der Waals surface area contributed by atoms with Gasteiger partial charge < -0.3 is 24.7 Å². The number of nitrogens with two attached hydrogens (primary N) is 1. The van der Waals surface area contributed by atoms with Gasteiger partial charge in [0.2, 0.25) is 0 Å². The van der Waals surface area contributed by atoms with E-state index < -0.39 is 5.97 Å². The zero-order valence-electron chi connectivity index (χ0n) is 16.4. The van der Waals surface area contributed by atoms with E-state index in [0.717, 1.165) is 0 Å². The van der Waals surface area contributed by atoms with Gasteiger partial charge in [-0.2, -0.15) is 5.26 Å². The van der Waals surface area contributed by atoms with Crippen molar-refractivity contribution in [3.63, 3.8) is 0 Å². The second kappa shape index (κ2) is 7.29. The molecule has 0 atom stereocenters. The molecule has 1 aliphatic heterocycles. The van der Waals surface area contributed by atoms with Crippen LogP contribution < -0.4 is 15.4 Å². The van der Waals surface area contributed by atoms with Crippen LogP contribution in [0.15, 0.2) is 48.7 Å². The molecule has 0 fully saturated rings. The summed E-state index contributed by atoms with van der Waals surface area (Å²) in [6.45, 7) is 2.33. The summed E-state index contributed by atoms with van der Waals surface area (Å²) in [6.07, 6.45) is 1.44. The van der Waals surface area contributed by atoms with Gasteiger partial charge in [-0.25, -0.2) is 4.79 Å². The van der Waals surface area contributed by atoms with E-state index in [9.17, 15) is 14.9 Å². The van der Waals surface area contributed by atoms with Crippen molar-refractivity contribution in [3.8, 4) is 23.3 Å². The fraction of sp³-hybridized carbons (Fsp3) is 0.136. The van der Waals surface area contributed by atoms with E-state index in [4.69, 9.17) is 15.2 Å². The molecule has 4 rings (SSSR count). The number of rotatable bonds is 3. The fourth-order valence-corrected chi connectivity index (χ4v) is 3.50. The number of nitrogen functional groups attached to an aromatic ring is 1. The van der Waals surface area contributed by atoms with E-state index in [1.54, 1.807) is 29.2 Å². The standard InChI is InChI=1S/C22H18N4O4/c1-3-25-16-6-4-5-7-18(16)30-17-9-8-14(10-15(17)21(25)27)26-12-13(11-23)19(24)20(26)22(28)29-2/h4-10,12H,3,24H2,1-2H3. The SMILES string of the molecule is CCN1C(=O)c2cc(-n3cc(C#N)c(N)c3C(=O)OC)ccc2Oc2ccccc21. The van der Waals surface area contributed by atoms with Crippen LogP contribution in [0.3, 0.4) is 0 Å². The zero-order valence-corrected chi connectivity index (χ0v) is 16.4. The van der Waals surface area contributed by atoms with Crippen LogP contribution in [-0.4, -0.2) is 30.1 Å². The summed E-state index contributed by atoms with van der Waals surface area (Å²) in [6, 6.07) is 14.2. The highest BCUT2D eigenvalue weighted by molar-refractivity contribution is 6.10. The molecule has 0 saturated carbocycles. The van der Waals surface area contributed by atoms with Crippen LogP contribution in [0, 0.1) is 11.3 Å². The van der Waals surface area contributed by atoms with Crippen molar-refractivity contribution < 1.29 is 19.1 Å². The Morgan fingerprint density at radius 2 is 2.00 bits per heavy atom. The molecule has 30 heavy (non-hydrogen) atoms. The summed E-state index contributed by atoms with van der Waals surface area (Å²) >= 11 is 0. The second-order valence-corrected chi connectivity index (χ2v) is 6.58. The molecule has 1 aromatic heterocycles. The molecule has 3 aromatic rings. The summed E-state index contributed by atoms with van der Waals surface area (Å²) in [7, 11) is 1.23. The number of amides is 1. The molecule has 8 heteroatoms. The third-order valence-corrected chi connectivity index (χ3v) is 4.95. The number of carbonyl (C=O) groups excluding carboxylic acids is 2. The van der Waals surface area contributed by atoms with Crippen molar-refractivity contribution in [2.45, 2.75) is 6.92 Å². The maximum Gasteiger partial charge on any atom is 0.357 e. The number of ether oxygens (including phenoxy) is 2. The highest BCUT2D eigenvalue weighted by atomic mass is 16.5. The number of hydrogen-bond acceptors (Lipinski definition) is 6. The molecule has 150 valence electrons. The first-order chi connectivity index (χ1) is 14.5. The second-order valence-electron chi connectivity index (χ2n) is 6.58. The van der Waals surface area contributed by atoms with Gasteiger partial charge in [-0.3, -0.25) is 4.79 Å². The number of nitrogens with zero attached hydrogens (tertiary/aromatic N) is 3. The quantitative estimate of drug-likeness (QED) is 0.672. The van der Waals surface area contributed by atoms with Crippen LogP contribution in [0.2, 0.25) is 0 Å². The molecule has 0 spiro atoms. The van der Waals surface area contributed by atoms with Crippen molar-refractivity contribution in [3.05, 3.63) is 65.5 Å². The molecule has 2 N–H and O–H groups in total. The Kier molecular flexibility index (Phi) is 4.64. The summed E-state index contributed by atoms with van der Waals surface area (Å²) in [5.74, 6) is 0.0486. The average Bonchev–Trinajstić information content (AvgIpc) is 3.04. The molecule has 0 aliphatic carbocycles. The predicted octanol–water partition coefficient (Wildman–Crippen LogP) is 3.49. The van der Waals surface area contributed by atoms with Gasteiger partial charge in [0.1, 0.15) is 11.8 Å². The third-order valence-electron chi connectivity index (χ3n) is 4.95. The minimum Gasteiger partial charge on any atom is -0.464 e. The molecule has 2 aromatic carbocycles. The van der Waals surface area contributed by atoms with Crippen LogP contribution >= 0.6 is 0 Å². The van der Waals surface area contributed by atoms with Crippen molar-refractivity contribution in [1.82, 2.24) is 4.57 Å². The summed E-state index contributed by atoms with van der Waals surface area (Å²) in [5.41, 5.74) is 7.62. The van der Waals surface area contributed by atoms with Gasteiger partial charge in [0.05, 0.1) is 29.6 Å². The molecule has 1 aliphatic rings. The first-order valence-electron chi connectivity index (χ1n) is 9.22. The van der Waals surface area contributed by atoms with Crippen molar-refractivity contribution >= 4 is 23.3 Å². The fourth-order valence-electron chi connectivity index (χ4n) is 3.50. The van der Waals surface area contributed by atoms with Crippen LogP contribution in [0.4, 0.5) is 11.4 Å². The lowest BCUT2D eigenvalue weighted by Crippen LogP contribution is -2.29. The lowest BCUT2D eigenvalue weighted by molar-refractivity contribution is 0.0593. The summed E-state index contributed by atoms with van der Waals surface area (Å²) in [4.78, 5) is 27.2. The number of anilines is 2. The zero-order chi connectivity index (χ0) is 21.4. The van der Waals surface area contributed by atoms with Crippen LogP contribution in [-0.2, 0) is 4.74 Å². The van der Waals surface area contributed by atoms with E-state index >= 15 is 0 Å². The van der Waals surface area contributed by atoms with Gasteiger partial charge in [0.15, 0.2) is 11.4 Å². The Morgan fingerprint density at radius 3 is 2.70 bits per heavy atom. The monoisotopic (exact) mass is 402 g/mol. The maximum absolute atomic E-state index is 13.3. The number of benzene rings is 2. The van der Waals surface area contributed by atoms with Gasteiger partial charge in [-0.05, 0) is 37.3 Å². The maximum atomic E-state index is 13.3. The molecule has 0 unspecified atom stereocenters. The van der Waals surface area contributed by atoms with Crippen LogP contribution in [0.1, 0.15) is 33.3 Å². The van der Waals surface area contributed by atoms with Gasteiger partial charge in [-0.15, -0.1) is 0 Å². The molecular formula is C22H18N4O4. The highest BCUT2D eigenvalue weighted by Gasteiger charge is 2.28. The molecular weight excluding hydrogens is 384 g/mol. The lowest BCUT2D eigenvalue weighted by Gasteiger charge is -2.20. The number of methoxy groups -OCH3 is 1. The third kappa shape index (κ3) is 2.84. The minimum atomic E-state index is -0.686. The summed E-state index contributed by atoms with van der Waals surface area (Å²) in [5, 5.41) is 9.32. The molecule has 1 amide bonds. The first kappa shape index (κ1) is 19.1. The minimum absolute atomic E-state index is 0.0180. The molecule has 8 nitrogen and oxygen atoms in total. The highest BCUT2D eigenvalue weighted by Crippen LogP contribution is 2.39. The van der Waals surface area contributed by atoms with Crippen molar-refractivity contribution in [1.29, 1.82) is 5.26 Å². The lowest BCUT2D eigenvalue weighted by atomic mass is 10.1. The first-order valence-corrected chi connectivity index (χ1v) is 9.22. The van der Waals surface area contributed by atoms with Gasteiger partial charge in [-0.1, -0.05) is 12.1 Å². The predicted molar refractivity (Wildman–Crippen MR) is 110 cm³/mol. The number of fused-ring (bicyclic) bond motifs is 2. The van der Waals surface area contributed by atoms with Crippen LogP contribution in [0.5, 0.6) is 11.5 Å². The largest absolute Gasteiger partial charge is 0.464 e. The summed E-state index contributed by atoms with van der Waals surface area (Å²) < 4.78 is 12.3. The smallest absolute Gasteiger partial charge is 0.357 e. The number of aromatic nitrogens is 1. The van der Waals surface area contributed by atoms with E-state index in [1.165, 1.54) is 17.9 Å². The molecule has 2 heterocycles. The number of nitriles is 1. The molecule has 0 radical (unpaired) electrons. The van der Waals surface area contributed by atoms with Gasteiger partial charge >= 0.3 is 5.97 Å². The average molecular weight is 402 g/mol. The van der Waals surface area contributed by atoms with Gasteiger partial charge in [0, 0.05) is 18.4 Å². The molecule has 0 bridgehead atoms. The van der Waals surface area contributed by atoms with Crippen molar-refractivity contribution in [2.75, 3.05) is 24.3 Å². The topological polar surface area (TPSA) is 111 Å². The Balaban J connectivity index is 1.89. The van der Waals surface area contributed by atoms with Crippen LogP contribution in [0.25, 0.3) is 5.69 Å². The van der Waals surface area contributed by atoms with Gasteiger partial charge in [0.25, 0.3) is 5.91 Å². The number of carbonyl (C=O) groups is 2. The van der Waals surface area contributed by atoms with E-state index in [-0.39, 0.29) is 22.9 Å². The van der Waals surface area contributed by atoms with E-state index in [1.807, 2.05) is 31.2 Å². The number of esters is 1. The number of hydrogen-bond donors (Lipinski definition) is 1. The van der Waals surface area contributed by atoms with E-state index in [0.29, 0.717) is 35.0 Å². The number of para-hydroxylation sites is 2. The normalized spacial score (nSPS) is 12.3. The Bertz CT molecular complexity index is 1220. The Morgan fingerprint density at radius 1 is 1.23 bits per heavy atom. The molecule has 0 saturated heterocycles. The van der Waals surface area contributed by atoms with Crippen molar-refractivity contribution in [2.24, 2.45) is 0 Å². The Labute approximate surface area is 172 Å².